The van der Waals surface area contributed by atoms with Crippen LogP contribution in [0.2, 0.25) is 0 Å². The molecule has 1 heterocycles. The van der Waals surface area contributed by atoms with Crippen LogP contribution in [0.4, 0.5) is 10.1 Å². The second kappa shape index (κ2) is 9.11. The normalized spacial score (nSPS) is 19.0. The van der Waals surface area contributed by atoms with E-state index in [1.807, 2.05) is 11.9 Å². The number of nitrogens with one attached hydrogen (secondary N) is 1. The van der Waals surface area contributed by atoms with Crippen molar-refractivity contribution in [3.8, 4) is 0 Å². The molecule has 134 valence electrons. The third kappa shape index (κ3) is 6.55. The number of hydrogen-bond acceptors (Lipinski definition) is 4. The lowest BCUT2D eigenvalue weighted by atomic mass is 10.1. The SMILES string of the molecule is CC(C)CN1CCO[C@H](CN(C)CC(=O)Nc2cccc(F)c2)C1. The number of rotatable bonds is 7. The molecule has 0 aliphatic carbocycles. The van der Waals surface area contributed by atoms with Gasteiger partial charge in [-0.2, -0.15) is 0 Å². The van der Waals surface area contributed by atoms with E-state index in [0.29, 0.717) is 18.2 Å². The molecule has 1 aliphatic heterocycles. The average Bonchev–Trinajstić information content (AvgIpc) is 2.46. The van der Waals surface area contributed by atoms with E-state index >= 15 is 0 Å². The highest BCUT2D eigenvalue weighted by Gasteiger charge is 2.22. The van der Waals surface area contributed by atoms with E-state index in [2.05, 4.69) is 24.1 Å². The summed E-state index contributed by atoms with van der Waals surface area (Å²) in [6.45, 7) is 9.06. The summed E-state index contributed by atoms with van der Waals surface area (Å²) in [5.41, 5.74) is 0.477. The summed E-state index contributed by atoms with van der Waals surface area (Å²) in [4.78, 5) is 16.4. The maximum absolute atomic E-state index is 13.1. The molecule has 6 heteroatoms. The fourth-order valence-electron chi connectivity index (χ4n) is 3.00. The first-order valence-electron chi connectivity index (χ1n) is 8.50. The van der Waals surface area contributed by atoms with Crippen LogP contribution in [-0.4, -0.2) is 68.2 Å². The van der Waals surface area contributed by atoms with Gasteiger partial charge in [0.2, 0.25) is 5.91 Å². The van der Waals surface area contributed by atoms with Crippen molar-refractivity contribution in [3.05, 3.63) is 30.1 Å². The first-order chi connectivity index (χ1) is 11.4. The zero-order valence-corrected chi connectivity index (χ0v) is 14.8. The molecule has 1 aliphatic rings. The number of halogens is 1. The molecule has 0 unspecified atom stereocenters. The maximum Gasteiger partial charge on any atom is 0.238 e. The van der Waals surface area contributed by atoms with Gasteiger partial charge < -0.3 is 10.1 Å². The summed E-state index contributed by atoms with van der Waals surface area (Å²) >= 11 is 0. The number of carbonyl (C=O) groups excluding carboxylic acids is 1. The quantitative estimate of drug-likeness (QED) is 0.827. The van der Waals surface area contributed by atoms with Crippen LogP contribution >= 0.6 is 0 Å². The molecular weight excluding hydrogens is 309 g/mol. The van der Waals surface area contributed by atoms with Gasteiger partial charge in [-0.3, -0.25) is 14.6 Å². The number of anilines is 1. The van der Waals surface area contributed by atoms with Crippen molar-refractivity contribution in [3.63, 3.8) is 0 Å². The van der Waals surface area contributed by atoms with Gasteiger partial charge in [0.15, 0.2) is 0 Å². The number of benzene rings is 1. The highest BCUT2D eigenvalue weighted by molar-refractivity contribution is 5.92. The molecule has 0 radical (unpaired) electrons. The zero-order chi connectivity index (χ0) is 17.5. The molecule has 1 N–H and O–H groups in total. The number of hydrogen-bond donors (Lipinski definition) is 1. The molecule has 1 atom stereocenters. The van der Waals surface area contributed by atoms with E-state index < -0.39 is 0 Å². The van der Waals surface area contributed by atoms with Crippen LogP contribution in [-0.2, 0) is 9.53 Å². The van der Waals surface area contributed by atoms with Gasteiger partial charge in [0.25, 0.3) is 0 Å². The summed E-state index contributed by atoms with van der Waals surface area (Å²) in [6.07, 6.45) is 0.115. The standard InChI is InChI=1S/C18H28FN3O2/c1-14(2)10-22-7-8-24-17(12-22)11-21(3)13-18(23)20-16-6-4-5-15(19)9-16/h4-6,9,14,17H,7-8,10-13H2,1-3H3,(H,20,23)/t17-/m1/s1. The van der Waals surface area contributed by atoms with Gasteiger partial charge >= 0.3 is 0 Å². The van der Waals surface area contributed by atoms with E-state index in [9.17, 15) is 9.18 Å². The molecule has 1 amide bonds. The van der Waals surface area contributed by atoms with Crippen molar-refractivity contribution in [2.75, 3.05) is 51.7 Å². The van der Waals surface area contributed by atoms with Crippen LogP contribution in [0.5, 0.6) is 0 Å². The third-order valence-corrected chi connectivity index (χ3v) is 3.88. The largest absolute Gasteiger partial charge is 0.374 e. The van der Waals surface area contributed by atoms with E-state index in [-0.39, 0.29) is 24.4 Å². The predicted molar refractivity (Wildman–Crippen MR) is 93.5 cm³/mol. The molecule has 1 aromatic carbocycles. The third-order valence-electron chi connectivity index (χ3n) is 3.88. The molecule has 0 aromatic heterocycles. The van der Waals surface area contributed by atoms with Crippen LogP contribution < -0.4 is 5.32 Å². The minimum atomic E-state index is -0.359. The van der Waals surface area contributed by atoms with Crippen molar-refractivity contribution in [2.24, 2.45) is 5.92 Å². The summed E-state index contributed by atoms with van der Waals surface area (Å²) in [5, 5.41) is 2.71. The Morgan fingerprint density at radius 1 is 1.50 bits per heavy atom. The fourth-order valence-corrected chi connectivity index (χ4v) is 3.00. The minimum absolute atomic E-state index is 0.115. The van der Waals surface area contributed by atoms with Crippen molar-refractivity contribution < 1.29 is 13.9 Å². The molecule has 0 spiro atoms. The van der Waals surface area contributed by atoms with Crippen LogP contribution in [0.1, 0.15) is 13.8 Å². The first kappa shape index (κ1) is 18.8. The van der Waals surface area contributed by atoms with Crippen molar-refractivity contribution in [1.29, 1.82) is 0 Å². The highest BCUT2D eigenvalue weighted by Crippen LogP contribution is 2.10. The van der Waals surface area contributed by atoms with Gasteiger partial charge in [-0.05, 0) is 31.2 Å². The van der Waals surface area contributed by atoms with Crippen molar-refractivity contribution in [1.82, 2.24) is 9.80 Å². The highest BCUT2D eigenvalue weighted by atomic mass is 19.1. The molecule has 24 heavy (non-hydrogen) atoms. The van der Waals surface area contributed by atoms with Gasteiger partial charge in [-0.1, -0.05) is 19.9 Å². The Hall–Kier alpha value is -1.50. The lowest BCUT2D eigenvalue weighted by Crippen LogP contribution is -2.48. The van der Waals surface area contributed by atoms with Crippen LogP contribution in [0.15, 0.2) is 24.3 Å². The summed E-state index contributed by atoms with van der Waals surface area (Å²) in [6, 6.07) is 5.92. The van der Waals surface area contributed by atoms with E-state index in [0.717, 1.165) is 26.2 Å². The molecule has 1 aromatic rings. The van der Waals surface area contributed by atoms with Crippen molar-refractivity contribution >= 4 is 11.6 Å². The Bertz CT molecular complexity index is 539. The lowest BCUT2D eigenvalue weighted by Gasteiger charge is -2.35. The van der Waals surface area contributed by atoms with E-state index in [4.69, 9.17) is 4.74 Å². The van der Waals surface area contributed by atoms with Gasteiger partial charge in [0.1, 0.15) is 5.82 Å². The lowest BCUT2D eigenvalue weighted by molar-refractivity contribution is -0.117. The number of carbonyl (C=O) groups is 1. The molecular formula is C18H28FN3O2. The predicted octanol–water partition coefficient (Wildman–Crippen LogP) is 2.05. The monoisotopic (exact) mass is 337 g/mol. The number of morpholine rings is 1. The Kier molecular flexibility index (Phi) is 7.15. The topological polar surface area (TPSA) is 44.8 Å². The molecule has 1 fully saturated rings. The minimum Gasteiger partial charge on any atom is -0.374 e. The van der Waals surface area contributed by atoms with Gasteiger partial charge in [0, 0.05) is 31.9 Å². The van der Waals surface area contributed by atoms with Gasteiger partial charge in [-0.15, -0.1) is 0 Å². The van der Waals surface area contributed by atoms with Crippen molar-refractivity contribution in [2.45, 2.75) is 20.0 Å². The van der Waals surface area contributed by atoms with Gasteiger partial charge in [-0.25, -0.2) is 4.39 Å². The van der Waals surface area contributed by atoms with E-state index in [1.54, 1.807) is 12.1 Å². The summed E-state index contributed by atoms with van der Waals surface area (Å²) in [5.74, 6) is 0.124. The number of nitrogens with zero attached hydrogens (tertiary/aromatic N) is 2. The first-order valence-corrected chi connectivity index (χ1v) is 8.50. The Morgan fingerprint density at radius 2 is 2.29 bits per heavy atom. The average molecular weight is 337 g/mol. The summed E-state index contributed by atoms with van der Waals surface area (Å²) < 4.78 is 18.9. The fraction of sp³-hybridized carbons (Fsp3) is 0.611. The number of amides is 1. The molecule has 2 rings (SSSR count). The van der Waals surface area contributed by atoms with Gasteiger partial charge in [0.05, 0.1) is 19.3 Å². The smallest absolute Gasteiger partial charge is 0.238 e. The Labute approximate surface area is 143 Å². The van der Waals surface area contributed by atoms with Crippen LogP contribution in [0.25, 0.3) is 0 Å². The second-order valence-electron chi connectivity index (χ2n) is 6.90. The van der Waals surface area contributed by atoms with E-state index in [1.165, 1.54) is 12.1 Å². The molecule has 1 saturated heterocycles. The van der Waals surface area contributed by atoms with Crippen LogP contribution in [0.3, 0.4) is 0 Å². The maximum atomic E-state index is 13.1. The van der Waals surface area contributed by atoms with Crippen LogP contribution in [0, 0.1) is 11.7 Å². The molecule has 0 bridgehead atoms. The molecule has 0 saturated carbocycles. The molecule has 5 nitrogen and oxygen atoms in total. The Morgan fingerprint density at radius 3 is 3.00 bits per heavy atom. The second-order valence-corrected chi connectivity index (χ2v) is 6.90. The number of ether oxygens (including phenoxy) is 1. The number of likely N-dealkylation sites (N-methyl/N-ethyl adjacent to an activating group) is 1. The summed E-state index contributed by atoms with van der Waals surface area (Å²) in [7, 11) is 1.90. The Balaban J connectivity index is 1.75. The zero-order valence-electron chi connectivity index (χ0n) is 14.8.